The van der Waals surface area contributed by atoms with E-state index in [0.29, 0.717) is 18.8 Å². The Morgan fingerprint density at radius 3 is 2.85 bits per heavy atom. The summed E-state index contributed by atoms with van der Waals surface area (Å²) in [5, 5.41) is 2.90. The highest BCUT2D eigenvalue weighted by molar-refractivity contribution is 5.91. The Balaban J connectivity index is 1.33. The maximum atomic E-state index is 12.6. The number of aromatic nitrogens is 2. The molecule has 7 heteroatoms. The number of hydrogen-bond acceptors (Lipinski definition) is 5. The number of hydrogen-bond donors (Lipinski definition) is 1. The van der Waals surface area contributed by atoms with Gasteiger partial charge in [-0.25, -0.2) is 0 Å². The van der Waals surface area contributed by atoms with Gasteiger partial charge in [0.1, 0.15) is 11.5 Å². The Morgan fingerprint density at radius 2 is 2.00 bits per heavy atom. The van der Waals surface area contributed by atoms with Crippen LogP contribution in [0, 0.1) is 0 Å². The molecular weight excluding hydrogens is 416 g/mol. The minimum Gasteiger partial charge on any atom is -0.497 e. The van der Waals surface area contributed by atoms with Crippen molar-refractivity contribution in [1.82, 2.24) is 19.8 Å². The maximum absolute atomic E-state index is 12.6. The molecular formula is C26H26N4O3. The zero-order valence-electron chi connectivity index (χ0n) is 18.5. The van der Waals surface area contributed by atoms with Crippen LogP contribution in [0.4, 0.5) is 0 Å². The van der Waals surface area contributed by atoms with Gasteiger partial charge in [-0.05, 0) is 59.7 Å². The molecule has 0 spiro atoms. The second kappa shape index (κ2) is 9.34. The van der Waals surface area contributed by atoms with Crippen molar-refractivity contribution in [2.45, 2.75) is 25.7 Å². The van der Waals surface area contributed by atoms with Gasteiger partial charge in [-0.2, -0.15) is 0 Å². The fraction of sp³-hybridized carbons (Fsp3) is 0.231. The van der Waals surface area contributed by atoms with Crippen LogP contribution in [0.25, 0.3) is 0 Å². The van der Waals surface area contributed by atoms with E-state index in [2.05, 4.69) is 50.2 Å². The van der Waals surface area contributed by atoms with E-state index in [0.717, 1.165) is 35.7 Å². The second-order valence-electron chi connectivity index (χ2n) is 8.08. The molecule has 0 aliphatic carbocycles. The van der Waals surface area contributed by atoms with E-state index in [-0.39, 0.29) is 11.9 Å². The van der Waals surface area contributed by atoms with Crippen LogP contribution >= 0.6 is 0 Å². The number of rotatable bonds is 7. The molecule has 4 aromatic rings. The number of methoxy groups -OCH3 is 1. The monoisotopic (exact) mass is 442 g/mol. The zero-order chi connectivity index (χ0) is 22.6. The lowest BCUT2D eigenvalue weighted by Gasteiger charge is -2.37. The third-order valence-corrected chi connectivity index (χ3v) is 5.99. The van der Waals surface area contributed by atoms with Gasteiger partial charge in [-0.15, -0.1) is 0 Å². The molecule has 0 radical (unpaired) electrons. The highest BCUT2D eigenvalue weighted by Gasteiger charge is 2.30. The molecule has 1 unspecified atom stereocenters. The summed E-state index contributed by atoms with van der Waals surface area (Å²) in [5.74, 6) is 1.69. The van der Waals surface area contributed by atoms with Crippen LogP contribution in [0.15, 0.2) is 83.7 Å². The summed E-state index contributed by atoms with van der Waals surface area (Å²) in [6, 6.07) is 19.9. The number of nitrogens with one attached hydrogen (secondary N) is 1. The Hall–Kier alpha value is -3.84. The number of carbonyl (C=O) groups is 1. The molecule has 33 heavy (non-hydrogen) atoms. The molecule has 0 saturated carbocycles. The van der Waals surface area contributed by atoms with Gasteiger partial charge < -0.3 is 19.0 Å². The molecule has 0 bridgehead atoms. The van der Waals surface area contributed by atoms with Crippen molar-refractivity contribution in [2.24, 2.45) is 0 Å². The lowest BCUT2D eigenvalue weighted by atomic mass is 9.99. The van der Waals surface area contributed by atoms with E-state index < -0.39 is 0 Å². The number of ether oxygens (including phenoxy) is 1. The molecule has 1 atom stereocenters. The third kappa shape index (κ3) is 4.54. The van der Waals surface area contributed by atoms with Gasteiger partial charge in [-0.1, -0.05) is 12.1 Å². The van der Waals surface area contributed by atoms with Crippen LogP contribution in [-0.4, -0.2) is 34.0 Å². The minimum atomic E-state index is -0.227. The zero-order valence-corrected chi connectivity index (χ0v) is 18.5. The summed E-state index contributed by atoms with van der Waals surface area (Å²) in [5.41, 5.74) is 3.38. The first-order chi connectivity index (χ1) is 16.2. The van der Waals surface area contributed by atoms with Gasteiger partial charge in [0, 0.05) is 43.9 Å². The Labute approximate surface area is 192 Å². The van der Waals surface area contributed by atoms with Gasteiger partial charge in [0.2, 0.25) is 0 Å². The number of nitrogens with zero attached hydrogens (tertiary/aromatic N) is 3. The molecule has 0 fully saturated rings. The fourth-order valence-electron chi connectivity index (χ4n) is 4.35. The molecule has 5 rings (SSSR count). The van der Waals surface area contributed by atoms with Crippen molar-refractivity contribution in [3.05, 3.63) is 108 Å². The van der Waals surface area contributed by atoms with Crippen molar-refractivity contribution >= 4 is 5.91 Å². The van der Waals surface area contributed by atoms with Gasteiger partial charge >= 0.3 is 0 Å². The second-order valence-corrected chi connectivity index (χ2v) is 8.08. The van der Waals surface area contributed by atoms with Gasteiger partial charge in [0.15, 0.2) is 5.76 Å². The summed E-state index contributed by atoms with van der Waals surface area (Å²) in [7, 11) is 1.69. The first-order valence-corrected chi connectivity index (χ1v) is 11.0. The third-order valence-electron chi connectivity index (χ3n) is 5.99. The smallest absolute Gasteiger partial charge is 0.287 e. The SMILES string of the molecule is COc1cccc(C2c3cccn3CCN2Cc2ccc(C(=O)NCc3ccncc3)o2)c1. The van der Waals surface area contributed by atoms with Crippen LogP contribution in [-0.2, 0) is 19.6 Å². The van der Waals surface area contributed by atoms with Crippen LogP contribution in [0.2, 0.25) is 0 Å². The van der Waals surface area contributed by atoms with Crippen LogP contribution in [0.1, 0.15) is 39.2 Å². The first kappa shape index (κ1) is 21.0. The predicted molar refractivity (Wildman–Crippen MR) is 124 cm³/mol. The first-order valence-electron chi connectivity index (χ1n) is 11.0. The predicted octanol–water partition coefficient (Wildman–Crippen LogP) is 4.02. The lowest BCUT2D eigenvalue weighted by Crippen LogP contribution is -2.37. The van der Waals surface area contributed by atoms with E-state index in [1.165, 1.54) is 5.69 Å². The molecule has 1 aliphatic rings. The minimum absolute atomic E-state index is 0.0675. The highest BCUT2D eigenvalue weighted by Crippen LogP contribution is 2.35. The maximum Gasteiger partial charge on any atom is 0.287 e. The van der Waals surface area contributed by atoms with Crippen LogP contribution in [0.3, 0.4) is 0 Å². The largest absolute Gasteiger partial charge is 0.497 e. The summed E-state index contributed by atoms with van der Waals surface area (Å²) in [6.07, 6.45) is 5.54. The van der Waals surface area contributed by atoms with E-state index in [9.17, 15) is 4.79 Å². The average molecular weight is 443 g/mol. The molecule has 4 heterocycles. The summed E-state index contributed by atoms with van der Waals surface area (Å²) in [6.45, 7) is 2.81. The molecule has 1 aromatic carbocycles. The van der Waals surface area contributed by atoms with Crippen molar-refractivity contribution < 1.29 is 13.9 Å². The van der Waals surface area contributed by atoms with Crippen LogP contribution in [0.5, 0.6) is 5.75 Å². The van der Waals surface area contributed by atoms with Crippen molar-refractivity contribution in [1.29, 1.82) is 0 Å². The summed E-state index contributed by atoms with van der Waals surface area (Å²) < 4.78 is 13.7. The molecule has 1 N–H and O–H groups in total. The van der Waals surface area contributed by atoms with Crippen LogP contribution < -0.4 is 10.1 Å². The molecule has 168 valence electrons. The number of benzene rings is 1. The van der Waals surface area contributed by atoms with Gasteiger partial charge in [-0.3, -0.25) is 14.7 Å². The number of fused-ring (bicyclic) bond motifs is 1. The van der Waals surface area contributed by atoms with Crippen molar-refractivity contribution in [2.75, 3.05) is 13.7 Å². The number of furan rings is 1. The Morgan fingerprint density at radius 1 is 1.12 bits per heavy atom. The number of carbonyl (C=O) groups excluding carboxylic acids is 1. The van der Waals surface area contributed by atoms with Gasteiger partial charge in [0.05, 0.1) is 19.7 Å². The lowest BCUT2D eigenvalue weighted by molar-refractivity contribution is 0.0916. The Bertz CT molecular complexity index is 1230. The number of pyridine rings is 1. The fourth-order valence-corrected chi connectivity index (χ4v) is 4.35. The Kier molecular flexibility index (Phi) is 5.95. The van der Waals surface area contributed by atoms with Gasteiger partial charge in [0.25, 0.3) is 5.91 Å². The standard InChI is InChI=1S/C26H26N4O3/c1-32-21-5-2-4-20(16-21)25-23-6-3-13-29(23)14-15-30(25)18-22-7-8-24(33-22)26(31)28-17-19-9-11-27-12-10-19/h2-13,16,25H,14-15,17-18H2,1H3,(H,28,31). The van der Waals surface area contributed by atoms with E-state index in [1.54, 1.807) is 25.6 Å². The molecule has 1 amide bonds. The highest BCUT2D eigenvalue weighted by atomic mass is 16.5. The van der Waals surface area contributed by atoms with E-state index in [1.807, 2.05) is 30.3 Å². The molecule has 7 nitrogen and oxygen atoms in total. The molecule has 3 aromatic heterocycles. The quantitative estimate of drug-likeness (QED) is 0.468. The van der Waals surface area contributed by atoms with E-state index >= 15 is 0 Å². The summed E-state index contributed by atoms with van der Waals surface area (Å²) >= 11 is 0. The van der Waals surface area contributed by atoms with Crippen molar-refractivity contribution in [3.8, 4) is 5.75 Å². The molecule has 1 aliphatic heterocycles. The normalized spacial score (nSPS) is 15.7. The topological polar surface area (TPSA) is 72.5 Å². The van der Waals surface area contributed by atoms with Crippen molar-refractivity contribution in [3.63, 3.8) is 0 Å². The summed E-state index contributed by atoms with van der Waals surface area (Å²) in [4.78, 5) is 18.9. The van der Waals surface area contributed by atoms with E-state index in [4.69, 9.17) is 9.15 Å². The number of amides is 1. The molecule has 0 saturated heterocycles. The average Bonchev–Trinajstić information content (AvgIpc) is 3.53.